The number of pyridine rings is 1. The van der Waals surface area contributed by atoms with E-state index in [1.165, 1.54) is 0 Å². The second kappa shape index (κ2) is 6.34. The first-order valence-corrected chi connectivity index (χ1v) is 7.32. The number of hydrogen-bond donors (Lipinski definition) is 2. The monoisotopic (exact) mass is 315 g/mol. The van der Waals surface area contributed by atoms with Gasteiger partial charge in [0.05, 0.1) is 12.1 Å². The van der Waals surface area contributed by atoms with E-state index in [2.05, 4.69) is 15.6 Å². The molecule has 0 aliphatic heterocycles. The Hall–Kier alpha value is -1.76. The van der Waals surface area contributed by atoms with Crippen molar-refractivity contribution in [3.05, 3.63) is 39.6 Å². The predicted molar refractivity (Wildman–Crippen MR) is 79.8 cm³/mol. The Morgan fingerprint density at radius 1 is 1.14 bits per heavy atom. The van der Waals surface area contributed by atoms with Crippen LogP contribution in [0.25, 0.3) is 0 Å². The minimum absolute atomic E-state index is 0.215. The van der Waals surface area contributed by atoms with Crippen molar-refractivity contribution in [3.63, 3.8) is 0 Å². The van der Waals surface area contributed by atoms with Gasteiger partial charge < -0.3 is 10.6 Å². The summed E-state index contributed by atoms with van der Waals surface area (Å²) in [6, 6.07) is 5.97. The maximum Gasteiger partial charge on any atom is 0.416 e. The van der Waals surface area contributed by atoms with E-state index in [1.807, 2.05) is 26.0 Å². The van der Waals surface area contributed by atoms with Crippen LogP contribution in [0, 0.1) is 6.92 Å². The molecule has 0 amide bonds. The summed E-state index contributed by atoms with van der Waals surface area (Å²) in [5.74, 6) is 0.434. The third-order valence-corrected chi connectivity index (χ3v) is 3.75. The molecule has 0 spiro atoms. The number of aryl methyl sites for hydroxylation is 1. The van der Waals surface area contributed by atoms with Gasteiger partial charge in [0.25, 0.3) is 0 Å². The number of aromatic nitrogens is 1. The molecule has 2 aromatic rings. The van der Waals surface area contributed by atoms with E-state index >= 15 is 0 Å². The normalized spacial score (nSPS) is 11.5. The Labute approximate surface area is 125 Å². The van der Waals surface area contributed by atoms with Crippen molar-refractivity contribution in [2.45, 2.75) is 26.6 Å². The van der Waals surface area contributed by atoms with Gasteiger partial charge in [0.1, 0.15) is 11.6 Å². The number of hydrogen-bond acceptors (Lipinski definition) is 4. The van der Waals surface area contributed by atoms with Gasteiger partial charge in [-0.2, -0.15) is 13.2 Å². The highest BCUT2D eigenvalue weighted by Gasteiger charge is 2.31. The Morgan fingerprint density at radius 3 is 2.33 bits per heavy atom. The minimum atomic E-state index is -4.39. The molecule has 3 nitrogen and oxygen atoms in total. The van der Waals surface area contributed by atoms with Crippen LogP contribution in [-0.2, 0) is 12.7 Å². The lowest BCUT2D eigenvalue weighted by molar-refractivity contribution is -0.137. The molecule has 2 heterocycles. The molecular weight excluding hydrogens is 299 g/mol. The van der Waals surface area contributed by atoms with E-state index < -0.39 is 11.7 Å². The van der Waals surface area contributed by atoms with Gasteiger partial charge in [-0.1, -0.05) is 0 Å². The van der Waals surface area contributed by atoms with Crippen molar-refractivity contribution < 1.29 is 13.2 Å². The van der Waals surface area contributed by atoms with Crippen LogP contribution in [0.15, 0.2) is 24.3 Å². The number of nitrogens with zero attached hydrogens (tertiary/aromatic N) is 1. The van der Waals surface area contributed by atoms with Crippen LogP contribution in [0.1, 0.15) is 22.2 Å². The fraction of sp³-hybridized carbons (Fsp3) is 0.357. The topological polar surface area (TPSA) is 37.0 Å². The van der Waals surface area contributed by atoms with Gasteiger partial charge in [-0.25, -0.2) is 4.98 Å². The molecule has 2 rings (SSSR count). The first-order chi connectivity index (χ1) is 9.88. The zero-order valence-electron chi connectivity index (χ0n) is 11.7. The minimum Gasteiger partial charge on any atom is -0.370 e. The zero-order valence-corrected chi connectivity index (χ0v) is 12.5. The highest BCUT2D eigenvalue weighted by atomic mass is 32.1. The van der Waals surface area contributed by atoms with Gasteiger partial charge in [0, 0.05) is 16.3 Å². The molecule has 0 unspecified atom stereocenters. The molecule has 0 radical (unpaired) electrons. The molecule has 0 atom stereocenters. The van der Waals surface area contributed by atoms with E-state index in [1.54, 1.807) is 11.3 Å². The van der Waals surface area contributed by atoms with E-state index in [9.17, 15) is 13.2 Å². The molecule has 2 N–H and O–H groups in total. The van der Waals surface area contributed by atoms with Crippen molar-refractivity contribution >= 4 is 23.0 Å². The van der Waals surface area contributed by atoms with Gasteiger partial charge in [0.2, 0.25) is 0 Å². The maximum absolute atomic E-state index is 12.9. The van der Waals surface area contributed by atoms with E-state index in [-0.39, 0.29) is 11.6 Å². The molecule has 0 saturated heterocycles. The van der Waals surface area contributed by atoms with E-state index in [0.717, 1.165) is 21.9 Å². The SMILES string of the molecule is CCNc1cc(C(F)(F)F)cc(NCc2ccc(C)s2)n1. The molecule has 7 heteroatoms. The fourth-order valence-electron chi connectivity index (χ4n) is 1.81. The van der Waals surface area contributed by atoms with E-state index in [0.29, 0.717) is 13.1 Å². The molecule has 0 fully saturated rings. The summed E-state index contributed by atoms with van der Waals surface area (Å²) < 4.78 is 38.6. The van der Waals surface area contributed by atoms with Crippen LogP contribution in [0.2, 0.25) is 0 Å². The lowest BCUT2D eigenvalue weighted by Gasteiger charge is -2.13. The fourth-order valence-corrected chi connectivity index (χ4v) is 2.64. The van der Waals surface area contributed by atoms with Gasteiger partial charge in [-0.15, -0.1) is 11.3 Å². The summed E-state index contributed by atoms with van der Waals surface area (Å²) in [6.07, 6.45) is -4.39. The number of halogens is 3. The highest BCUT2D eigenvalue weighted by Crippen LogP contribution is 2.32. The largest absolute Gasteiger partial charge is 0.416 e. The summed E-state index contributed by atoms with van der Waals surface area (Å²) in [5.41, 5.74) is -0.710. The average Bonchev–Trinajstić information content (AvgIpc) is 2.81. The van der Waals surface area contributed by atoms with Crippen molar-refractivity contribution in [1.29, 1.82) is 0 Å². The summed E-state index contributed by atoms with van der Waals surface area (Å²) in [6.45, 7) is 4.76. The predicted octanol–water partition coefficient (Wildman–Crippen LogP) is 4.51. The first-order valence-electron chi connectivity index (χ1n) is 6.51. The van der Waals surface area contributed by atoms with Crippen LogP contribution in [0.5, 0.6) is 0 Å². The van der Waals surface area contributed by atoms with Crippen LogP contribution < -0.4 is 10.6 Å². The quantitative estimate of drug-likeness (QED) is 0.852. The second-order valence-electron chi connectivity index (χ2n) is 4.52. The molecule has 0 bridgehead atoms. The summed E-state index contributed by atoms with van der Waals surface area (Å²) in [5, 5.41) is 5.76. The smallest absolute Gasteiger partial charge is 0.370 e. The van der Waals surface area contributed by atoms with Crippen molar-refractivity contribution in [2.24, 2.45) is 0 Å². The Balaban J connectivity index is 2.19. The van der Waals surface area contributed by atoms with Gasteiger partial charge in [0.15, 0.2) is 0 Å². The van der Waals surface area contributed by atoms with Crippen LogP contribution in [0.4, 0.5) is 24.8 Å². The summed E-state index contributed by atoms with van der Waals surface area (Å²) in [4.78, 5) is 6.36. The lowest BCUT2D eigenvalue weighted by Crippen LogP contribution is -2.10. The van der Waals surface area contributed by atoms with Crippen molar-refractivity contribution in [1.82, 2.24) is 4.98 Å². The summed E-state index contributed by atoms with van der Waals surface area (Å²) >= 11 is 1.60. The number of nitrogens with one attached hydrogen (secondary N) is 2. The third kappa shape index (κ3) is 4.35. The number of alkyl halides is 3. The Bertz CT molecular complexity index is 608. The van der Waals surface area contributed by atoms with Crippen LogP contribution in [0.3, 0.4) is 0 Å². The lowest BCUT2D eigenvalue weighted by atomic mass is 10.2. The number of thiophene rings is 1. The third-order valence-electron chi connectivity index (χ3n) is 2.75. The molecule has 0 aliphatic rings. The van der Waals surface area contributed by atoms with Gasteiger partial charge in [-0.05, 0) is 38.1 Å². The number of rotatable bonds is 5. The first kappa shape index (κ1) is 15.6. The number of anilines is 2. The molecule has 0 aromatic carbocycles. The molecule has 114 valence electrons. The van der Waals surface area contributed by atoms with Gasteiger partial charge in [-0.3, -0.25) is 0 Å². The van der Waals surface area contributed by atoms with Gasteiger partial charge >= 0.3 is 6.18 Å². The van der Waals surface area contributed by atoms with Crippen molar-refractivity contribution in [3.8, 4) is 0 Å². The van der Waals surface area contributed by atoms with Crippen molar-refractivity contribution in [2.75, 3.05) is 17.2 Å². The van der Waals surface area contributed by atoms with E-state index in [4.69, 9.17) is 0 Å². The van der Waals surface area contributed by atoms with Crippen LogP contribution in [-0.4, -0.2) is 11.5 Å². The highest BCUT2D eigenvalue weighted by molar-refractivity contribution is 7.11. The average molecular weight is 315 g/mol. The molecule has 2 aromatic heterocycles. The molecule has 21 heavy (non-hydrogen) atoms. The standard InChI is InChI=1S/C14H16F3N3S/c1-3-18-12-6-10(14(15,16)17)7-13(20-12)19-8-11-5-4-9(2)21-11/h4-7H,3,8H2,1-2H3,(H2,18,19,20). The second-order valence-corrected chi connectivity index (χ2v) is 5.89. The summed E-state index contributed by atoms with van der Waals surface area (Å²) in [7, 11) is 0. The molecule has 0 aliphatic carbocycles. The molecular formula is C14H16F3N3S. The molecule has 0 saturated carbocycles. The zero-order chi connectivity index (χ0) is 15.5. The Morgan fingerprint density at radius 2 is 1.81 bits per heavy atom. The maximum atomic E-state index is 12.9. The Kier molecular flexibility index (Phi) is 4.72. The van der Waals surface area contributed by atoms with Crippen LogP contribution >= 0.6 is 11.3 Å².